The number of rotatable bonds is 4. The zero-order valence-electron chi connectivity index (χ0n) is 11.1. The predicted octanol–water partition coefficient (Wildman–Crippen LogP) is -0.976. The Kier molecular flexibility index (Phi) is 4.98. The summed E-state index contributed by atoms with van der Waals surface area (Å²) in [5, 5.41) is 6.15. The zero-order valence-corrected chi connectivity index (χ0v) is 11.1. The van der Waals surface area contributed by atoms with Gasteiger partial charge in [-0.05, 0) is 25.8 Å². The number of nitrogens with two attached hydrogens (primary N) is 1. The molecule has 0 aromatic rings. The topological polar surface area (TPSA) is 96.7 Å². The number of primary amides is 1. The fourth-order valence-corrected chi connectivity index (χ4v) is 2.54. The fraction of sp³-hybridized carbons (Fsp3) is 0.833. The molecule has 2 heterocycles. The van der Waals surface area contributed by atoms with Crippen LogP contribution in [0.4, 0.5) is 4.79 Å². The lowest BCUT2D eigenvalue weighted by Gasteiger charge is -2.34. The minimum Gasteiger partial charge on any atom is -0.379 e. The highest BCUT2D eigenvalue weighted by Crippen LogP contribution is 2.12. The molecule has 2 aliphatic rings. The lowest BCUT2D eigenvalue weighted by Crippen LogP contribution is -2.56. The van der Waals surface area contributed by atoms with Crippen molar-refractivity contribution >= 4 is 11.9 Å². The zero-order chi connectivity index (χ0) is 13.7. The molecule has 0 saturated carbocycles. The smallest absolute Gasteiger partial charge is 0.318 e. The van der Waals surface area contributed by atoms with E-state index in [1.807, 2.05) is 0 Å². The molecule has 2 atom stereocenters. The van der Waals surface area contributed by atoms with Gasteiger partial charge in [-0.15, -0.1) is 0 Å². The Labute approximate surface area is 112 Å². The van der Waals surface area contributed by atoms with Crippen molar-refractivity contribution in [2.75, 3.05) is 32.8 Å². The maximum Gasteiger partial charge on any atom is 0.318 e. The van der Waals surface area contributed by atoms with E-state index < -0.39 is 5.91 Å². The Morgan fingerprint density at radius 1 is 1.42 bits per heavy atom. The summed E-state index contributed by atoms with van der Waals surface area (Å²) in [7, 11) is 0. The van der Waals surface area contributed by atoms with Crippen molar-refractivity contribution in [1.82, 2.24) is 15.5 Å². The second-order valence-electron chi connectivity index (χ2n) is 5.10. The first kappa shape index (κ1) is 14.1. The van der Waals surface area contributed by atoms with Crippen LogP contribution < -0.4 is 16.4 Å². The van der Waals surface area contributed by atoms with Crippen molar-refractivity contribution in [1.29, 1.82) is 0 Å². The number of carbonyl (C=O) groups is 2. The summed E-state index contributed by atoms with van der Waals surface area (Å²) in [6.45, 7) is 2.84. The average molecular weight is 270 g/mol. The molecule has 2 unspecified atom stereocenters. The first-order chi connectivity index (χ1) is 9.16. The van der Waals surface area contributed by atoms with E-state index in [9.17, 15) is 9.59 Å². The van der Waals surface area contributed by atoms with E-state index in [1.165, 1.54) is 0 Å². The Bertz CT molecular complexity index is 325. The molecule has 19 heavy (non-hydrogen) atoms. The number of urea groups is 1. The molecular weight excluding hydrogens is 248 g/mol. The number of amides is 3. The summed E-state index contributed by atoms with van der Waals surface area (Å²) in [4.78, 5) is 25.0. The highest BCUT2D eigenvalue weighted by atomic mass is 16.5. The van der Waals surface area contributed by atoms with Crippen LogP contribution in [0.15, 0.2) is 0 Å². The summed E-state index contributed by atoms with van der Waals surface area (Å²) in [6, 6.07) is -0.147. The first-order valence-electron chi connectivity index (χ1n) is 6.80. The highest BCUT2D eigenvalue weighted by Gasteiger charge is 2.28. The van der Waals surface area contributed by atoms with E-state index in [0.29, 0.717) is 19.8 Å². The summed E-state index contributed by atoms with van der Waals surface area (Å²) < 4.78 is 5.23. The van der Waals surface area contributed by atoms with E-state index in [0.717, 1.165) is 25.8 Å². The Morgan fingerprint density at radius 2 is 2.26 bits per heavy atom. The van der Waals surface area contributed by atoms with Crippen LogP contribution in [0, 0.1) is 0 Å². The summed E-state index contributed by atoms with van der Waals surface area (Å²) in [6.07, 6.45) is 2.72. The van der Waals surface area contributed by atoms with Crippen LogP contribution >= 0.6 is 0 Å². The summed E-state index contributed by atoms with van der Waals surface area (Å²) in [5.74, 6) is -0.483. The van der Waals surface area contributed by atoms with Gasteiger partial charge in [0.1, 0.15) is 6.54 Å². The van der Waals surface area contributed by atoms with E-state index in [-0.39, 0.29) is 24.7 Å². The Balaban J connectivity index is 1.94. The molecule has 0 spiro atoms. The quantitative estimate of drug-likeness (QED) is 0.612. The number of ether oxygens (including phenoxy) is 1. The number of nitrogens with zero attached hydrogens (tertiary/aromatic N) is 1. The van der Waals surface area contributed by atoms with Gasteiger partial charge in [0.2, 0.25) is 5.91 Å². The Morgan fingerprint density at radius 3 is 2.84 bits per heavy atom. The molecule has 0 aliphatic carbocycles. The Hall–Kier alpha value is -1.34. The lowest BCUT2D eigenvalue weighted by molar-refractivity contribution is -0.119. The third kappa shape index (κ3) is 4.07. The van der Waals surface area contributed by atoms with Crippen molar-refractivity contribution in [3.8, 4) is 0 Å². The second-order valence-corrected chi connectivity index (χ2v) is 5.10. The van der Waals surface area contributed by atoms with Gasteiger partial charge >= 0.3 is 6.03 Å². The highest BCUT2D eigenvalue weighted by molar-refractivity contribution is 5.83. The van der Waals surface area contributed by atoms with Crippen LogP contribution in [-0.4, -0.2) is 61.8 Å². The molecule has 0 aromatic heterocycles. The molecular formula is C12H22N4O3. The summed E-state index contributed by atoms with van der Waals surface area (Å²) in [5.41, 5.74) is 5.24. The van der Waals surface area contributed by atoms with Gasteiger partial charge in [-0.25, -0.2) is 4.79 Å². The van der Waals surface area contributed by atoms with Crippen LogP contribution in [0.3, 0.4) is 0 Å². The van der Waals surface area contributed by atoms with Crippen molar-refractivity contribution in [3.05, 3.63) is 0 Å². The number of hydrogen-bond acceptors (Lipinski definition) is 4. The number of hydrogen-bond donors (Lipinski definition) is 3. The largest absolute Gasteiger partial charge is 0.379 e. The minimum absolute atomic E-state index is 0.0311. The van der Waals surface area contributed by atoms with Crippen molar-refractivity contribution < 1.29 is 14.3 Å². The number of piperidine rings is 1. The third-order valence-electron chi connectivity index (χ3n) is 3.56. The molecule has 4 N–H and O–H groups in total. The fourth-order valence-electron chi connectivity index (χ4n) is 2.54. The predicted molar refractivity (Wildman–Crippen MR) is 69.5 cm³/mol. The average Bonchev–Trinajstić information content (AvgIpc) is 2.89. The molecule has 2 aliphatic heterocycles. The van der Waals surface area contributed by atoms with Crippen LogP contribution in [0.25, 0.3) is 0 Å². The van der Waals surface area contributed by atoms with Gasteiger partial charge in [0.05, 0.1) is 12.6 Å². The second kappa shape index (κ2) is 6.72. The van der Waals surface area contributed by atoms with Crippen molar-refractivity contribution in [3.63, 3.8) is 0 Å². The van der Waals surface area contributed by atoms with Gasteiger partial charge in [0.15, 0.2) is 0 Å². The van der Waals surface area contributed by atoms with E-state index >= 15 is 0 Å². The SMILES string of the molecule is NC(=O)CN(C(=O)NC1CCOC1)C1CCCNC1. The number of nitrogens with one attached hydrogen (secondary N) is 2. The van der Waals surface area contributed by atoms with Crippen LogP contribution in [0.2, 0.25) is 0 Å². The molecule has 7 nitrogen and oxygen atoms in total. The third-order valence-corrected chi connectivity index (χ3v) is 3.56. The van der Waals surface area contributed by atoms with Gasteiger partial charge < -0.3 is 26.0 Å². The summed E-state index contributed by atoms with van der Waals surface area (Å²) >= 11 is 0. The standard InChI is InChI=1S/C12H22N4O3/c13-11(17)7-16(10-2-1-4-14-6-10)12(18)15-9-3-5-19-8-9/h9-10,14H,1-8H2,(H2,13,17)(H,15,18). The maximum atomic E-state index is 12.3. The molecule has 2 saturated heterocycles. The number of carbonyl (C=O) groups excluding carboxylic acids is 2. The molecule has 0 aromatic carbocycles. The minimum atomic E-state index is -0.483. The van der Waals surface area contributed by atoms with Crippen molar-refractivity contribution in [2.45, 2.75) is 31.3 Å². The van der Waals surface area contributed by atoms with Gasteiger partial charge in [0, 0.05) is 19.2 Å². The maximum absolute atomic E-state index is 12.3. The molecule has 0 bridgehead atoms. The molecule has 7 heteroatoms. The molecule has 108 valence electrons. The van der Waals surface area contributed by atoms with Crippen molar-refractivity contribution in [2.24, 2.45) is 5.73 Å². The monoisotopic (exact) mass is 270 g/mol. The lowest BCUT2D eigenvalue weighted by atomic mass is 10.1. The van der Waals surface area contributed by atoms with Gasteiger partial charge in [-0.3, -0.25) is 4.79 Å². The van der Waals surface area contributed by atoms with Crippen LogP contribution in [0.5, 0.6) is 0 Å². The van der Waals surface area contributed by atoms with Gasteiger partial charge in [0.25, 0.3) is 0 Å². The molecule has 3 amide bonds. The van der Waals surface area contributed by atoms with Crippen LogP contribution in [-0.2, 0) is 9.53 Å². The molecule has 0 radical (unpaired) electrons. The van der Waals surface area contributed by atoms with E-state index in [2.05, 4.69) is 10.6 Å². The molecule has 2 rings (SSSR count). The van der Waals surface area contributed by atoms with E-state index in [1.54, 1.807) is 4.90 Å². The molecule has 2 fully saturated rings. The normalized spacial score (nSPS) is 26.9. The first-order valence-corrected chi connectivity index (χ1v) is 6.80. The van der Waals surface area contributed by atoms with E-state index in [4.69, 9.17) is 10.5 Å². The van der Waals surface area contributed by atoms with Gasteiger partial charge in [-0.1, -0.05) is 0 Å². The van der Waals surface area contributed by atoms with Crippen LogP contribution in [0.1, 0.15) is 19.3 Å². The van der Waals surface area contributed by atoms with Gasteiger partial charge in [-0.2, -0.15) is 0 Å².